The van der Waals surface area contributed by atoms with Crippen LogP contribution in [0.2, 0.25) is 0 Å². The Morgan fingerprint density at radius 3 is 1.22 bits per heavy atom. The summed E-state index contributed by atoms with van der Waals surface area (Å²) < 4.78 is 0. The molecule has 60 heavy (non-hydrogen) atoms. The fraction of sp³-hybridized carbons (Fsp3) is 0.276. The molecule has 0 aliphatic rings. The third kappa shape index (κ3) is 11.9. The molecule has 0 atom stereocenters. The molecular weight excluding hydrogens is 725 g/mol. The maximum atomic E-state index is 3.98. The highest BCUT2D eigenvalue weighted by Crippen LogP contribution is 2.37. The Hall–Kier alpha value is -5.86. The van der Waals surface area contributed by atoms with E-state index in [1.54, 1.807) is 0 Å². The molecule has 2 heteroatoms. The standard InChI is InChI=1S/C38H41N.C20H27N/c1-8-10-33-16-13-30(27-31(33)9-2)12-11-29-14-21-35(22-15-29)39(36-23-17-32(18-24-36)28(3)4)37-25-19-34(20-26-37)38(5,6)7;1-15(2)16-7-11-18(12-8-16)21(6)19-13-9-17(10-14-19)20(3,4)5/h8-28H,2H2,1,3-7H3;7-15H,1-6H3/b10-8-,12-11+;. The number of hydrogen-bond donors (Lipinski definition) is 0. The zero-order chi connectivity index (χ0) is 43.6. The number of anilines is 5. The SMILES string of the molecule is C=Cc1cc(/C=C/c2ccc(N(c3ccc(C(C)C)cc3)c3ccc(C(C)(C)C)cc3)cc2)ccc1/C=C\C.CC(C)c1ccc(N(C)c2ccc(C(C)(C)C)cc2)cc1. The molecule has 0 unspecified atom stereocenters. The zero-order valence-corrected chi connectivity index (χ0v) is 38.4. The van der Waals surface area contributed by atoms with E-state index in [9.17, 15) is 0 Å². The molecule has 310 valence electrons. The predicted octanol–water partition coefficient (Wildman–Crippen LogP) is 17.3. The Balaban J connectivity index is 0.000000274. The second-order valence-electron chi connectivity index (χ2n) is 18.5. The van der Waals surface area contributed by atoms with Crippen molar-refractivity contribution in [3.05, 3.63) is 197 Å². The van der Waals surface area contributed by atoms with Crippen molar-refractivity contribution in [2.24, 2.45) is 0 Å². The van der Waals surface area contributed by atoms with Crippen molar-refractivity contribution in [1.29, 1.82) is 0 Å². The summed E-state index contributed by atoms with van der Waals surface area (Å²) in [7, 11) is 2.12. The molecule has 6 aromatic carbocycles. The molecule has 0 bridgehead atoms. The molecule has 6 aromatic rings. The molecule has 0 aromatic heterocycles. The van der Waals surface area contributed by atoms with Gasteiger partial charge in [0.25, 0.3) is 0 Å². The Labute approximate surface area is 363 Å². The maximum Gasteiger partial charge on any atom is 0.0462 e. The smallest absolute Gasteiger partial charge is 0.0462 e. The molecule has 6 rings (SSSR count). The average Bonchev–Trinajstić information content (AvgIpc) is 3.23. The Morgan fingerprint density at radius 1 is 0.450 bits per heavy atom. The van der Waals surface area contributed by atoms with Crippen LogP contribution in [0.1, 0.15) is 133 Å². The van der Waals surface area contributed by atoms with Crippen LogP contribution in [-0.4, -0.2) is 7.05 Å². The van der Waals surface area contributed by atoms with Gasteiger partial charge in [0.2, 0.25) is 0 Å². The first-order valence-corrected chi connectivity index (χ1v) is 21.6. The van der Waals surface area contributed by atoms with Crippen LogP contribution < -0.4 is 9.80 Å². The first-order valence-electron chi connectivity index (χ1n) is 21.6. The van der Waals surface area contributed by atoms with Gasteiger partial charge in [0, 0.05) is 35.5 Å². The van der Waals surface area contributed by atoms with E-state index in [-0.39, 0.29) is 10.8 Å². The molecule has 0 heterocycles. The molecule has 0 aliphatic carbocycles. The van der Waals surface area contributed by atoms with Crippen LogP contribution in [0, 0.1) is 0 Å². The monoisotopic (exact) mass is 793 g/mol. The molecule has 0 radical (unpaired) electrons. The van der Waals surface area contributed by atoms with E-state index in [1.807, 2.05) is 13.0 Å². The minimum absolute atomic E-state index is 0.121. The Morgan fingerprint density at radius 2 is 0.817 bits per heavy atom. The highest BCUT2D eigenvalue weighted by Gasteiger charge is 2.17. The summed E-state index contributed by atoms with van der Waals surface area (Å²) in [6.07, 6.45) is 10.4. The second-order valence-corrected chi connectivity index (χ2v) is 18.5. The summed E-state index contributed by atoms with van der Waals surface area (Å²) in [6, 6.07) is 50.9. The molecule has 0 saturated carbocycles. The largest absolute Gasteiger partial charge is 0.345 e. The van der Waals surface area contributed by atoms with Crippen molar-refractivity contribution < 1.29 is 0 Å². The van der Waals surface area contributed by atoms with Crippen molar-refractivity contribution in [1.82, 2.24) is 0 Å². The summed E-state index contributed by atoms with van der Waals surface area (Å²) in [5, 5.41) is 0. The van der Waals surface area contributed by atoms with Gasteiger partial charge in [0.15, 0.2) is 0 Å². The van der Waals surface area contributed by atoms with E-state index < -0.39 is 0 Å². The van der Waals surface area contributed by atoms with E-state index >= 15 is 0 Å². The van der Waals surface area contributed by atoms with Gasteiger partial charge in [-0.3, -0.25) is 0 Å². The highest BCUT2D eigenvalue weighted by molar-refractivity contribution is 5.79. The quantitative estimate of drug-likeness (QED) is 0.121. The van der Waals surface area contributed by atoms with Gasteiger partial charge in [-0.15, -0.1) is 0 Å². The molecule has 0 saturated heterocycles. The number of rotatable bonds is 11. The lowest BCUT2D eigenvalue weighted by molar-refractivity contribution is 0.590. The van der Waals surface area contributed by atoms with Crippen LogP contribution in [0.15, 0.2) is 152 Å². The summed E-state index contributed by atoms with van der Waals surface area (Å²) >= 11 is 0. The van der Waals surface area contributed by atoms with Crippen LogP contribution in [0.25, 0.3) is 24.3 Å². The van der Waals surface area contributed by atoms with E-state index in [0.29, 0.717) is 11.8 Å². The van der Waals surface area contributed by atoms with Gasteiger partial charge < -0.3 is 9.80 Å². The highest BCUT2D eigenvalue weighted by atomic mass is 15.1. The predicted molar refractivity (Wildman–Crippen MR) is 268 cm³/mol. The Bertz CT molecular complexity index is 2320. The summed E-state index contributed by atoms with van der Waals surface area (Å²) in [4.78, 5) is 4.57. The van der Waals surface area contributed by atoms with E-state index in [2.05, 4.69) is 256 Å². The molecule has 0 amide bonds. The fourth-order valence-corrected chi connectivity index (χ4v) is 7.11. The van der Waals surface area contributed by atoms with E-state index in [0.717, 1.165) is 33.8 Å². The van der Waals surface area contributed by atoms with Gasteiger partial charge in [-0.25, -0.2) is 0 Å². The van der Waals surface area contributed by atoms with Crippen LogP contribution in [0.3, 0.4) is 0 Å². The number of nitrogens with zero attached hydrogens (tertiary/aromatic N) is 2. The maximum absolute atomic E-state index is 3.98. The van der Waals surface area contributed by atoms with Crippen LogP contribution in [-0.2, 0) is 10.8 Å². The molecule has 0 fully saturated rings. The van der Waals surface area contributed by atoms with E-state index in [1.165, 1.54) is 39.2 Å². The lowest BCUT2D eigenvalue weighted by Crippen LogP contribution is -2.13. The van der Waals surface area contributed by atoms with Crippen molar-refractivity contribution in [2.75, 3.05) is 16.8 Å². The minimum Gasteiger partial charge on any atom is -0.345 e. The van der Waals surface area contributed by atoms with Gasteiger partial charge in [0.1, 0.15) is 0 Å². The normalized spacial score (nSPS) is 11.9. The summed E-state index contributed by atoms with van der Waals surface area (Å²) in [5.41, 5.74) is 16.3. The second kappa shape index (κ2) is 19.9. The van der Waals surface area contributed by atoms with Crippen LogP contribution in [0.4, 0.5) is 28.4 Å². The molecular formula is C58H68N2. The van der Waals surface area contributed by atoms with Crippen molar-refractivity contribution in [2.45, 2.75) is 98.8 Å². The summed E-state index contributed by atoms with van der Waals surface area (Å²) in [6.45, 7) is 28.4. The number of hydrogen-bond acceptors (Lipinski definition) is 2. The van der Waals surface area contributed by atoms with Gasteiger partial charge in [-0.1, -0.05) is 179 Å². The van der Waals surface area contributed by atoms with Gasteiger partial charge in [0.05, 0.1) is 0 Å². The van der Waals surface area contributed by atoms with E-state index in [4.69, 9.17) is 0 Å². The minimum atomic E-state index is 0.121. The molecule has 0 spiro atoms. The fourth-order valence-electron chi connectivity index (χ4n) is 7.11. The van der Waals surface area contributed by atoms with Crippen molar-refractivity contribution in [3.63, 3.8) is 0 Å². The summed E-state index contributed by atoms with van der Waals surface area (Å²) in [5.74, 6) is 1.09. The van der Waals surface area contributed by atoms with Crippen LogP contribution >= 0.6 is 0 Å². The van der Waals surface area contributed by atoms with Gasteiger partial charge in [-0.2, -0.15) is 0 Å². The lowest BCUT2D eigenvalue weighted by atomic mass is 9.87. The van der Waals surface area contributed by atoms with Gasteiger partial charge in [-0.05, 0) is 141 Å². The number of allylic oxidation sites excluding steroid dienone is 1. The lowest BCUT2D eigenvalue weighted by Gasteiger charge is -2.27. The first-order chi connectivity index (χ1) is 28.5. The molecule has 0 N–H and O–H groups in total. The molecule has 2 nitrogen and oxygen atoms in total. The molecule has 0 aliphatic heterocycles. The third-order valence-electron chi connectivity index (χ3n) is 11.2. The van der Waals surface area contributed by atoms with Crippen molar-refractivity contribution in [3.8, 4) is 0 Å². The third-order valence-corrected chi connectivity index (χ3v) is 11.2. The van der Waals surface area contributed by atoms with Crippen LogP contribution in [0.5, 0.6) is 0 Å². The average molecular weight is 793 g/mol. The van der Waals surface area contributed by atoms with Gasteiger partial charge >= 0.3 is 0 Å². The first kappa shape index (κ1) is 45.2. The zero-order valence-electron chi connectivity index (χ0n) is 38.4. The number of benzene rings is 6. The van der Waals surface area contributed by atoms with Crippen molar-refractivity contribution >= 4 is 52.7 Å². The topological polar surface area (TPSA) is 6.48 Å². The Kier molecular flexibility index (Phi) is 15.0.